The lowest BCUT2D eigenvalue weighted by molar-refractivity contribution is 0.0908. The summed E-state index contributed by atoms with van der Waals surface area (Å²) in [6.45, 7) is 1.64. The third-order valence-electron chi connectivity index (χ3n) is 3.14. The van der Waals surface area contributed by atoms with E-state index in [2.05, 4.69) is 20.0 Å². The molecule has 9 heteroatoms. The summed E-state index contributed by atoms with van der Waals surface area (Å²) < 4.78 is 19.3. The minimum Gasteiger partial charge on any atom is -0.437 e. The SMILES string of the molecule is COC(=O)OC1=NNC(C)=C(OC(=O)OC)C1c1ccccc1Cl. The number of hydrazone groups is 1. The summed E-state index contributed by atoms with van der Waals surface area (Å²) in [6, 6.07) is 6.83. The largest absolute Gasteiger partial charge is 0.514 e. The topological polar surface area (TPSA) is 95.5 Å². The summed E-state index contributed by atoms with van der Waals surface area (Å²) in [5, 5.41) is 4.35. The van der Waals surface area contributed by atoms with Crippen LogP contribution in [0.15, 0.2) is 40.8 Å². The van der Waals surface area contributed by atoms with Crippen LogP contribution in [0.2, 0.25) is 5.02 Å². The van der Waals surface area contributed by atoms with Gasteiger partial charge in [0.2, 0.25) is 5.90 Å². The quantitative estimate of drug-likeness (QED) is 0.815. The van der Waals surface area contributed by atoms with Crippen molar-refractivity contribution in [3.63, 3.8) is 0 Å². The monoisotopic (exact) mass is 354 g/mol. The van der Waals surface area contributed by atoms with Crippen LogP contribution in [0.4, 0.5) is 9.59 Å². The zero-order chi connectivity index (χ0) is 17.7. The maximum atomic E-state index is 11.6. The van der Waals surface area contributed by atoms with Crippen LogP contribution in [-0.4, -0.2) is 32.4 Å². The number of rotatable bonds is 2. The molecule has 0 aliphatic carbocycles. The third-order valence-corrected chi connectivity index (χ3v) is 3.49. The van der Waals surface area contributed by atoms with Crippen molar-refractivity contribution in [1.82, 2.24) is 5.43 Å². The number of carbonyl (C=O) groups excluding carboxylic acids is 2. The summed E-state index contributed by atoms with van der Waals surface area (Å²) in [5.74, 6) is -0.776. The van der Waals surface area contributed by atoms with Gasteiger partial charge in [0.15, 0.2) is 0 Å². The van der Waals surface area contributed by atoms with Gasteiger partial charge in [0.25, 0.3) is 0 Å². The van der Waals surface area contributed by atoms with Gasteiger partial charge < -0.3 is 18.9 Å². The second kappa shape index (κ2) is 7.69. The second-order valence-electron chi connectivity index (χ2n) is 4.62. The third kappa shape index (κ3) is 3.77. The van der Waals surface area contributed by atoms with E-state index in [-0.39, 0.29) is 11.7 Å². The van der Waals surface area contributed by atoms with E-state index in [4.69, 9.17) is 21.1 Å². The number of methoxy groups -OCH3 is 2. The Hall–Kier alpha value is -2.74. The first kappa shape index (κ1) is 17.6. The fraction of sp³-hybridized carbons (Fsp3) is 0.267. The Bertz CT molecular complexity index is 716. The van der Waals surface area contributed by atoms with Crippen LogP contribution in [0.1, 0.15) is 18.4 Å². The van der Waals surface area contributed by atoms with Gasteiger partial charge in [-0.2, -0.15) is 0 Å². The van der Waals surface area contributed by atoms with Crippen molar-refractivity contribution >= 4 is 29.8 Å². The lowest BCUT2D eigenvalue weighted by Gasteiger charge is -2.26. The highest BCUT2D eigenvalue weighted by atomic mass is 35.5. The molecular weight excluding hydrogens is 340 g/mol. The molecule has 128 valence electrons. The van der Waals surface area contributed by atoms with Crippen LogP contribution in [0.3, 0.4) is 0 Å². The predicted molar refractivity (Wildman–Crippen MR) is 84.4 cm³/mol. The van der Waals surface area contributed by atoms with Crippen LogP contribution in [0.5, 0.6) is 0 Å². The lowest BCUT2D eigenvalue weighted by Crippen LogP contribution is -2.32. The van der Waals surface area contributed by atoms with Crippen LogP contribution in [-0.2, 0) is 18.9 Å². The molecule has 8 nitrogen and oxygen atoms in total. The van der Waals surface area contributed by atoms with Crippen molar-refractivity contribution in [1.29, 1.82) is 0 Å². The molecule has 1 heterocycles. The van der Waals surface area contributed by atoms with Gasteiger partial charge in [0.1, 0.15) is 11.7 Å². The highest BCUT2D eigenvalue weighted by molar-refractivity contribution is 6.31. The molecule has 0 saturated carbocycles. The van der Waals surface area contributed by atoms with Gasteiger partial charge >= 0.3 is 12.3 Å². The molecule has 0 fully saturated rings. The second-order valence-corrected chi connectivity index (χ2v) is 5.03. The van der Waals surface area contributed by atoms with Crippen molar-refractivity contribution in [2.75, 3.05) is 14.2 Å². The zero-order valence-corrected chi connectivity index (χ0v) is 13.9. The minimum atomic E-state index is -0.968. The summed E-state index contributed by atoms with van der Waals surface area (Å²) >= 11 is 6.24. The molecule has 0 saturated heterocycles. The van der Waals surface area contributed by atoms with Gasteiger partial charge in [-0.05, 0) is 18.6 Å². The van der Waals surface area contributed by atoms with Crippen molar-refractivity contribution in [2.24, 2.45) is 5.10 Å². The number of carbonyl (C=O) groups is 2. The maximum Gasteiger partial charge on any atom is 0.514 e. The number of halogens is 1. The summed E-state index contributed by atoms with van der Waals surface area (Å²) in [5.41, 5.74) is 3.58. The molecule has 0 spiro atoms. The highest BCUT2D eigenvalue weighted by Gasteiger charge is 2.36. The van der Waals surface area contributed by atoms with Crippen LogP contribution < -0.4 is 5.43 Å². The van der Waals surface area contributed by atoms with E-state index >= 15 is 0 Å². The molecule has 1 aliphatic heterocycles. The van der Waals surface area contributed by atoms with E-state index in [1.807, 2.05) is 0 Å². The molecule has 1 aromatic carbocycles. The highest BCUT2D eigenvalue weighted by Crippen LogP contribution is 2.35. The van der Waals surface area contributed by atoms with E-state index in [0.29, 0.717) is 16.3 Å². The number of ether oxygens (including phenoxy) is 4. The Morgan fingerprint density at radius 3 is 2.38 bits per heavy atom. The predicted octanol–water partition coefficient (Wildman–Crippen LogP) is 3.14. The van der Waals surface area contributed by atoms with Crippen molar-refractivity contribution in [3.8, 4) is 0 Å². The molecule has 1 atom stereocenters. The summed E-state index contributed by atoms with van der Waals surface area (Å²) in [6.07, 6.45) is -1.90. The molecule has 1 aromatic rings. The number of allylic oxidation sites excluding steroid dienone is 1. The standard InChI is InChI=1S/C15H15ClN2O6/c1-8-12(23-14(19)21-2)11(9-6-4-5-7-10(9)16)13(18-17-8)24-15(20)22-3/h4-7,11,17H,1-3H3. The van der Waals surface area contributed by atoms with Crippen molar-refractivity contribution in [2.45, 2.75) is 12.8 Å². The number of hydrogen-bond donors (Lipinski definition) is 1. The Kier molecular flexibility index (Phi) is 5.64. The fourth-order valence-electron chi connectivity index (χ4n) is 2.05. The minimum absolute atomic E-state index is 0.0838. The fourth-order valence-corrected chi connectivity index (χ4v) is 2.29. The molecular formula is C15H15ClN2O6. The number of benzene rings is 1. The van der Waals surface area contributed by atoms with E-state index < -0.39 is 18.2 Å². The molecule has 1 unspecified atom stereocenters. The Balaban J connectivity index is 2.49. The Morgan fingerprint density at radius 1 is 1.12 bits per heavy atom. The van der Waals surface area contributed by atoms with E-state index in [9.17, 15) is 9.59 Å². The first-order valence-electron chi connectivity index (χ1n) is 6.78. The molecule has 24 heavy (non-hydrogen) atoms. The first-order chi connectivity index (χ1) is 11.5. The van der Waals surface area contributed by atoms with E-state index in [1.54, 1.807) is 31.2 Å². The van der Waals surface area contributed by atoms with E-state index in [0.717, 1.165) is 7.11 Å². The van der Waals surface area contributed by atoms with Gasteiger partial charge in [-0.25, -0.2) is 9.59 Å². The average Bonchev–Trinajstić information content (AvgIpc) is 2.58. The normalized spacial score (nSPS) is 16.7. The first-order valence-corrected chi connectivity index (χ1v) is 7.16. The molecule has 1 aliphatic rings. The summed E-state index contributed by atoms with van der Waals surface area (Å²) in [7, 11) is 2.34. The zero-order valence-electron chi connectivity index (χ0n) is 13.2. The van der Waals surface area contributed by atoms with Crippen molar-refractivity contribution in [3.05, 3.63) is 46.3 Å². The smallest absolute Gasteiger partial charge is 0.437 e. The number of nitrogens with one attached hydrogen (secondary N) is 1. The molecule has 0 bridgehead atoms. The number of nitrogens with zero attached hydrogens (tertiary/aromatic N) is 1. The molecule has 2 rings (SSSR count). The summed E-state index contributed by atoms with van der Waals surface area (Å²) in [4.78, 5) is 23.0. The van der Waals surface area contributed by atoms with Crippen LogP contribution >= 0.6 is 11.6 Å². The lowest BCUT2D eigenvalue weighted by atomic mass is 9.94. The Morgan fingerprint density at radius 2 is 1.75 bits per heavy atom. The van der Waals surface area contributed by atoms with Crippen LogP contribution in [0, 0.1) is 0 Å². The van der Waals surface area contributed by atoms with Gasteiger partial charge in [-0.1, -0.05) is 29.8 Å². The number of hydrogen-bond acceptors (Lipinski definition) is 8. The molecule has 0 amide bonds. The van der Waals surface area contributed by atoms with Crippen molar-refractivity contribution < 1.29 is 28.5 Å². The van der Waals surface area contributed by atoms with Gasteiger partial charge in [0, 0.05) is 5.02 Å². The van der Waals surface area contributed by atoms with Gasteiger partial charge in [0.05, 0.1) is 19.9 Å². The molecule has 0 radical (unpaired) electrons. The van der Waals surface area contributed by atoms with Gasteiger partial charge in [-0.15, -0.1) is 5.10 Å². The van der Waals surface area contributed by atoms with Gasteiger partial charge in [-0.3, -0.25) is 5.43 Å². The maximum absolute atomic E-state index is 11.6. The van der Waals surface area contributed by atoms with Crippen LogP contribution in [0.25, 0.3) is 0 Å². The van der Waals surface area contributed by atoms with E-state index in [1.165, 1.54) is 7.11 Å². The molecule has 0 aromatic heterocycles. The Labute approximate surface area is 143 Å². The average molecular weight is 355 g/mol. The molecule has 1 N–H and O–H groups in total.